The van der Waals surface area contributed by atoms with Gasteiger partial charge in [-0.25, -0.2) is 0 Å². The lowest BCUT2D eigenvalue weighted by Gasteiger charge is -2.31. The minimum atomic E-state index is -4.63. The summed E-state index contributed by atoms with van der Waals surface area (Å²) in [5.41, 5.74) is -0.969. The van der Waals surface area contributed by atoms with Gasteiger partial charge >= 0.3 is 6.18 Å². The van der Waals surface area contributed by atoms with Gasteiger partial charge in [0.1, 0.15) is 0 Å². The van der Waals surface area contributed by atoms with E-state index < -0.39 is 24.2 Å². The van der Waals surface area contributed by atoms with Gasteiger partial charge in [0.25, 0.3) is 0 Å². The van der Waals surface area contributed by atoms with Crippen molar-refractivity contribution < 1.29 is 13.2 Å². The van der Waals surface area contributed by atoms with E-state index in [-0.39, 0.29) is 0 Å². The molecule has 1 unspecified atom stereocenters. The Kier molecular flexibility index (Phi) is 7.84. The van der Waals surface area contributed by atoms with E-state index in [0.717, 1.165) is 27.9 Å². The summed E-state index contributed by atoms with van der Waals surface area (Å²) in [7, 11) is 0. The molecule has 9 heteroatoms. The Morgan fingerprint density at radius 1 is 1.50 bits per heavy atom. The summed E-state index contributed by atoms with van der Waals surface area (Å²) in [4.78, 5) is 11.4. The number of halogens is 4. The number of hydrogen-bond acceptors (Lipinski definition) is 5. The summed E-state index contributed by atoms with van der Waals surface area (Å²) in [6.45, 7) is 3.72. The Hall–Kier alpha value is -0.120. The monoisotopic (exact) mass is 418 g/mol. The number of alkyl halides is 3. The van der Waals surface area contributed by atoms with Crippen LogP contribution in [0.2, 0.25) is 0 Å². The SMILES string of the molecule is CCCCSN[C@@](C)(CC(N=O)C(F)(F)F)c1cc(Br)cs1. The number of thiophene rings is 1. The molecule has 1 N–H and O–H groups in total. The van der Waals surface area contributed by atoms with Crippen LogP contribution in [0.25, 0.3) is 0 Å². The lowest BCUT2D eigenvalue weighted by Crippen LogP contribution is -2.42. The molecule has 0 aliphatic rings. The zero-order valence-corrected chi connectivity index (χ0v) is 15.5. The van der Waals surface area contributed by atoms with Crippen molar-refractivity contribution in [2.45, 2.75) is 50.9 Å². The quantitative estimate of drug-likeness (QED) is 0.310. The molecule has 1 rings (SSSR count). The lowest BCUT2D eigenvalue weighted by molar-refractivity contribution is -0.151. The highest BCUT2D eigenvalue weighted by molar-refractivity contribution is 9.10. The van der Waals surface area contributed by atoms with Gasteiger partial charge in [0.2, 0.25) is 0 Å². The van der Waals surface area contributed by atoms with Gasteiger partial charge < -0.3 is 0 Å². The van der Waals surface area contributed by atoms with Crippen molar-refractivity contribution in [1.82, 2.24) is 4.72 Å². The van der Waals surface area contributed by atoms with E-state index in [0.29, 0.717) is 0 Å². The highest BCUT2D eigenvalue weighted by Crippen LogP contribution is 2.39. The Morgan fingerprint density at radius 3 is 2.64 bits per heavy atom. The van der Waals surface area contributed by atoms with Crippen molar-refractivity contribution in [3.8, 4) is 0 Å². The molecule has 0 aliphatic heterocycles. The molecule has 1 aromatic rings. The number of nitrogens with one attached hydrogen (secondary N) is 1. The maximum Gasteiger partial charge on any atom is 0.414 e. The van der Waals surface area contributed by atoms with Crippen LogP contribution in [0.15, 0.2) is 21.1 Å². The summed E-state index contributed by atoms with van der Waals surface area (Å²) >= 11 is 6.04. The van der Waals surface area contributed by atoms with E-state index in [1.807, 2.05) is 12.3 Å². The predicted molar refractivity (Wildman–Crippen MR) is 90.1 cm³/mol. The fourth-order valence-corrected chi connectivity index (χ4v) is 4.49. The number of hydrogen-bond donors (Lipinski definition) is 1. The smallest absolute Gasteiger partial charge is 0.253 e. The Balaban J connectivity index is 2.92. The zero-order valence-electron chi connectivity index (χ0n) is 12.2. The van der Waals surface area contributed by atoms with E-state index in [2.05, 4.69) is 25.8 Å². The third-order valence-electron chi connectivity index (χ3n) is 3.12. The Morgan fingerprint density at radius 2 is 2.18 bits per heavy atom. The van der Waals surface area contributed by atoms with Gasteiger partial charge in [-0.05, 0) is 35.3 Å². The van der Waals surface area contributed by atoms with Gasteiger partial charge in [-0.3, -0.25) is 4.72 Å². The highest BCUT2D eigenvalue weighted by Gasteiger charge is 2.46. The average Bonchev–Trinajstić information content (AvgIpc) is 2.87. The Bertz CT molecular complexity index is 484. The van der Waals surface area contributed by atoms with Gasteiger partial charge in [0.15, 0.2) is 6.04 Å². The molecule has 0 spiro atoms. The molecule has 22 heavy (non-hydrogen) atoms. The minimum absolute atomic E-state index is 0.425. The van der Waals surface area contributed by atoms with Gasteiger partial charge in [-0.15, -0.1) is 11.3 Å². The molecule has 0 aromatic carbocycles. The molecule has 1 aromatic heterocycles. The van der Waals surface area contributed by atoms with Crippen LogP contribution in [0.5, 0.6) is 0 Å². The van der Waals surface area contributed by atoms with Crippen molar-refractivity contribution >= 4 is 39.2 Å². The summed E-state index contributed by atoms with van der Waals surface area (Å²) in [6.07, 6.45) is -3.08. The van der Waals surface area contributed by atoms with Gasteiger partial charge in [0, 0.05) is 26.9 Å². The fraction of sp³-hybridized carbons (Fsp3) is 0.692. The van der Waals surface area contributed by atoms with E-state index in [9.17, 15) is 18.1 Å². The number of unbranched alkanes of at least 4 members (excludes halogenated alkanes) is 1. The molecule has 0 fully saturated rings. The molecule has 1 heterocycles. The molecule has 3 nitrogen and oxygen atoms in total. The molecule has 0 amide bonds. The van der Waals surface area contributed by atoms with Gasteiger partial charge in [-0.1, -0.05) is 30.5 Å². The molecule has 2 atom stereocenters. The second-order valence-corrected chi connectivity index (χ2v) is 7.86. The maximum atomic E-state index is 12.9. The normalized spacial score (nSPS) is 16.3. The van der Waals surface area contributed by atoms with Crippen LogP contribution in [0.3, 0.4) is 0 Å². The van der Waals surface area contributed by atoms with Crippen molar-refractivity contribution in [2.75, 3.05) is 5.75 Å². The van der Waals surface area contributed by atoms with Crippen LogP contribution in [0.4, 0.5) is 13.2 Å². The van der Waals surface area contributed by atoms with Crippen molar-refractivity contribution in [1.29, 1.82) is 0 Å². The molecular formula is C13H18BrF3N2OS2. The number of nitroso groups, excluding NO2 is 1. The minimum Gasteiger partial charge on any atom is -0.253 e. The first kappa shape index (κ1) is 19.9. The van der Waals surface area contributed by atoms with E-state index >= 15 is 0 Å². The summed E-state index contributed by atoms with van der Waals surface area (Å²) in [5.74, 6) is 0.795. The second kappa shape index (κ2) is 8.65. The largest absolute Gasteiger partial charge is 0.414 e. The fourth-order valence-electron chi connectivity index (χ4n) is 1.82. The summed E-state index contributed by atoms with van der Waals surface area (Å²) in [6, 6.07) is -0.450. The molecular weight excluding hydrogens is 401 g/mol. The molecule has 0 aliphatic carbocycles. The second-order valence-electron chi connectivity index (χ2n) is 5.13. The first-order chi connectivity index (χ1) is 10.2. The predicted octanol–water partition coefficient (Wildman–Crippen LogP) is 5.85. The topological polar surface area (TPSA) is 41.5 Å². The number of nitrogens with zero attached hydrogens (tertiary/aromatic N) is 1. The Labute approximate surface area is 144 Å². The van der Waals surface area contributed by atoms with Crippen molar-refractivity contribution in [3.63, 3.8) is 0 Å². The first-order valence-electron chi connectivity index (χ1n) is 6.75. The van der Waals surface area contributed by atoms with Gasteiger partial charge in [0.05, 0.1) is 5.54 Å². The van der Waals surface area contributed by atoms with Crippen molar-refractivity contribution in [3.05, 3.63) is 25.7 Å². The zero-order chi connectivity index (χ0) is 16.8. The molecule has 0 saturated heterocycles. The van der Waals surface area contributed by atoms with Gasteiger partial charge in [-0.2, -0.15) is 18.1 Å². The average molecular weight is 419 g/mol. The van der Waals surface area contributed by atoms with Crippen LogP contribution >= 0.6 is 39.2 Å². The lowest BCUT2D eigenvalue weighted by atomic mass is 9.92. The molecule has 126 valence electrons. The summed E-state index contributed by atoms with van der Waals surface area (Å²) < 4.78 is 42.6. The van der Waals surface area contributed by atoms with Crippen LogP contribution in [-0.4, -0.2) is 18.0 Å². The third kappa shape index (κ3) is 5.82. The molecule has 0 saturated carbocycles. The first-order valence-corrected chi connectivity index (χ1v) is 9.41. The van der Waals surface area contributed by atoms with Crippen molar-refractivity contribution in [2.24, 2.45) is 5.18 Å². The van der Waals surface area contributed by atoms with E-state index in [1.54, 1.807) is 13.0 Å². The number of rotatable bonds is 9. The molecule has 0 radical (unpaired) electrons. The van der Waals surface area contributed by atoms with E-state index in [1.165, 1.54) is 23.3 Å². The van der Waals surface area contributed by atoms with Crippen LogP contribution in [-0.2, 0) is 5.54 Å². The molecule has 0 bridgehead atoms. The van der Waals surface area contributed by atoms with Crippen LogP contribution < -0.4 is 4.72 Å². The highest BCUT2D eigenvalue weighted by atomic mass is 79.9. The van der Waals surface area contributed by atoms with Crippen LogP contribution in [0, 0.1) is 4.91 Å². The van der Waals surface area contributed by atoms with E-state index in [4.69, 9.17) is 0 Å². The summed E-state index contributed by atoms with van der Waals surface area (Å²) in [5, 5.41) is 4.10. The maximum absolute atomic E-state index is 12.9. The van der Waals surface area contributed by atoms with Crippen LogP contribution in [0.1, 0.15) is 38.0 Å². The third-order valence-corrected chi connectivity index (χ3v) is 6.16. The standard InChI is InChI=1S/C13H18BrF3N2OS2/c1-3-4-5-22-19-12(2,11-6-9(14)8-21-11)7-10(18-20)13(15,16)17/h6,8,10,19H,3-5,7H2,1-2H3/t10?,12-/m0/s1.